The predicted octanol–water partition coefficient (Wildman–Crippen LogP) is 1.63. The molecule has 1 rings (SSSR count). The van der Waals surface area contributed by atoms with Crippen molar-refractivity contribution in [3.63, 3.8) is 0 Å². The molecule has 0 unspecified atom stereocenters. The van der Waals surface area contributed by atoms with Gasteiger partial charge in [-0.15, -0.1) is 0 Å². The molecule has 1 aromatic heterocycles. The van der Waals surface area contributed by atoms with Gasteiger partial charge in [0.05, 0.1) is 0 Å². The monoisotopic (exact) mass is 265 g/mol. The van der Waals surface area contributed by atoms with Gasteiger partial charge in [-0.25, -0.2) is 14.8 Å². The molecule has 0 aromatic carbocycles. The van der Waals surface area contributed by atoms with Crippen molar-refractivity contribution in [1.82, 2.24) is 9.97 Å². The molecular formula is C6H5BrClN3O2. The molecule has 70 valence electrons. The number of halogens is 2. The van der Waals surface area contributed by atoms with E-state index in [1.807, 2.05) is 0 Å². The van der Waals surface area contributed by atoms with Gasteiger partial charge in [0.2, 0.25) is 0 Å². The third-order valence-electron chi connectivity index (χ3n) is 1.25. The number of nitrogens with one attached hydrogen (secondary N) is 1. The maximum atomic E-state index is 10.6. The van der Waals surface area contributed by atoms with E-state index in [2.05, 4.69) is 31.2 Å². The number of hydrogen-bond acceptors (Lipinski definition) is 4. The minimum Gasteiger partial charge on any atom is -0.476 e. The fourth-order valence-electron chi connectivity index (χ4n) is 0.690. The second-order valence-electron chi connectivity index (χ2n) is 2.06. The molecule has 2 N–H and O–H groups in total. The highest BCUT2D eigenvalue weighted by Gasteiger charge is 2.15. The largest absolute Gasteiger partial charge is 0.476 e. The van der Waals surface area contributed by atoms with E-state index in [0.29, 0.717) is 5.82 Å². The summed E-state index contributed by atoms with van der Waals surface area (Å²) in [5, 5.41) is 11.3. The first-order valence-corrected chi connectivity index (χ1v) is 4.37. The van der Waals surface area contributed by atoms with Crippen LogP contribution in [0.15, 0.2) is 4.60 Å². The number of carbonyl (C=O) groups is 1. The lowest BCUT2D eigenvalue weighted by atomic mass is 10.4. The Morgan fingerprint density at radius 3 is 2.69 bits per heavy atom. The lowest BCUT2D eigenvalue weighted by Crippen LogP contribution is -2.06. The van der Waals surface area contributed by atoms with Crippen molar-refractivity contribution in [1.29, 1.82) is 0 Å². The molecule has 0 saturated heterocycles. The summed E-state index contributed by atoms with van der Waals surface area (Å²) in [7, 11) is 1.61. The molecule has 0 saturated carbocycles. The molecule has 0 atom stereocenters. The number of carboxylic acids is 1. The molecule has 0 aliphatic heterocycles. The Hall–Kier alpha value is -0.880. The summed E-state index contributed by atoms with van der Waals surface area (Å²) in [6.07, 6.45) is 0. The molecular weight excluding hydrogens is 261 g/mol. The van der Waals surface area contributed by atoms with Crippen molar-refractivity contribution >= 4 is 39.3 Å². The van der Waals surface area contributed by atoms with Crippen LogP contribution in [0.25, 0.3) is 0 Å². The third kappa shape index (κ3) is 2.07. The average Bonchev–Trinajstić information content (AvgIpc) is 2.07. The molecule has 5 nitrogen and oxygen atoms in total. The van der Waals surface area contributed by atoms with Crippen molar-refractivity contribution in [2.45, 2.75) is 0 Å². The highest BCUT2D eigenvalue weighted by Crippen LogP contribution is 2.21. The third-order valence-corrected chi connectivity index (χ3v) is 2.07. The van der Waals surface area contributed by atoms with Gasteiger partial charge in [0.25, 0.3) is 0 Å². The average molecular weight is 266 g/mol. The van der Waals surface area contributed by atoms with Gasteiger partial charge in [-0.05, 0) is 15.9 Å². The molecule has 0 bridgehead atoms. The van der Waals surface area contributed by atoms with Crippen LogP contribution < -0.4 is 5.32 Å². The quantitative estimate of drug-likeness (QED) is 0.851. The lowest BCUT2D eigenvalue weighted by molar-refractivity contribution is 0.0689. The van der Waals surface area contributed by atoms with Gasteiger partial charge in [-0.2, -0.15) is 0 Å². The summed E-state index contributed by atoms with van der Waals surface area (Å²) >= 11 is 8.59. The fourth-order valence-corrected chi connectivity index (χ4v) is 1.35. The van der Waals surface area contributed by atoms with Gasteiger partial charge < -0.3 is 10.4 Å². The Morgan fingerprint density at radius 1 is 1.62 bits per heavy atom. The van der Waals surface area contributed by atoms with Crippen LogP contribution >= 0.6 is 27.5 Å². The molecule has 1 aromatic rings. The van der Waals surface area contributed by atoms with Crippen molar-refractivity contribution < 1.29 is 9.90 Å². The Bertz CT molecular complexity index is 358. The normalized spacial score (nSPS) is 9.77. The van der Waals surface area contributed by atoms with Crippen molar-refractivity contribution in [2.24, 2.45) is 0 Å². The summed E-state index contributed by atoms with van der Waals surface area (Å²) in [6.45, 7) is 0. The Morgan fingerprint density at radius 2 is 2.23 bits per heavy atom. The second-order valence-corrected chi connectivity index (χ2v) is 3.17. The zero-order valence-corrected chi connectivity index (χ0v) is 8.85. The van der Waals surface area contributed by atoms with E-state index in [1.54, 1.807) is 7.05 Å². The lowest BCUT2D eigenvalue weighted by Gasteiger charge is -2.03. The summed E-state index contributed by atoms with van der Waals surface area (Å²) < 4.78 is 0.147. The molecule has 0 spiro atoms. The predicted molar refractivity (Wildman–Crippen MR) is 51.2 cm³/mol. The van der Waals surface area contributed by atoms with E-state index in [9.17, 15) is 4.79 Å². The zero-order valence-electron chi connectivity index (χ0n) is 6.51. The van der Waals surface area contributed by atoms with Gasteiger partial charge >= 0.3 is 5.97 Å². The maximum Gasteiger partial charge on any atom is 0.357 e. The van der Waals surface area contributed by atoms with E-state index in [4.69, 9.17) is 16.7 Å². The number of hydrogen-bond donors (Lipinski definition) is 2. The molecule has 0 radical (unpaired) electrons. The number of nitrogens with zero attached hydrogens (tertiary/aromatic N) is 2. The molecule has 13 heavy (non-hydrogen) atoms. The number of aromatic nitrogens is 2. The van der Waals surface area contributed by atoms with Crippen LogP contribution in [0.1, 0.15) is 10.5 Å². The first-order chi connectivity index (χ1) is 6.06. The first kappa shape index (κ1) is 10.2. The fraction of sp³-hybridized carbons (Fsp3) is 0.167. The number of anilines is 1. The van der Waals surface area contributed by atoms with E-state index in [0.717, 1.165) is 0 Å². The van der Waals surface area contributed by atoms with Gasteiger partial charge in [0.15, 0.2) is 16.7 Å². The minimum atomic E-state index is -1.18. The minimum absolute atomic E-state index is 0.0306. The number of aromatic carboxylic acids is 1. The second kappa shape index (κ2) is 3.89. The standard InChI is InChI=1S/C6H5BrClN3O2/c1-9-5-4(8)10-2(6(12)13)3(7)11-5/h1H3,(H,9,11)(H,12,13). The highest BCUT2D eigenvalue weighted by atomic mass is 79.9. The molecule has 0 fully saturated rings. The van der Waals surface area contributed by atoms with Crippen LogP contribution in [-0.4, -0.2) is 28.1 Å². The van der Waals surface area contributed by atoms with Crippen LogP contribution in [0.2, 0.25) is 5.15 Å². The maximum absolute atomic E-state index is 10.6. The highest BCUT2D eigenvalue weighted by molar-refractivity contribution is 9.10. The van der Waals surface area contributed by atoms with Crippen LogP contribution in [0, 0.1) is 0 Å². The summed E-state index contributed by atoms with van der Waals surface area (Å²) in [5.74, 6) is -0.845. The van der Waals surface area contributed by atoms with E-state index < -0.39 is 5.97 Å². The van der Waals surface area contributed by atoms with Gasteiger partial charge in [-0.3, -0.25) is 0 Å². The zero-order chi connectivity index (χ0) is 10.0. The summed E-state index contributed by atoms with van der Waals surface area (Å²) in [6, 6.07) is 0. The van der Waals surface area contributed by atoms with Crippen LogP contribution in [0.5, 0.6) is 0 Å². The Balaban J connectivity index is 3.28. The number of carboxylic acid groups (broad SMARTS) is 1. The topological polar surface area (TPSA) is 75.1 Å². The van der Waals surface area contributed by atoms with Crippen molar-refractivity contribution in [3.8, 4) is 0 Å². The van der Waals surface area contributed by atoms with Crippen molar-refractivity contribution in [3.05, 3.63) is 15.5 Å². The van der Waals surface area contributed by atoms with Crippen LogP contribution in [0.3, 0.4) is 0 Å². The van der Waals surface area contributed by atoms with Crippen LogP contribution in [0.4, 0.5) is 5.82 Å². The van der Waals surface area contributed by atoms with Gasteiger partial charge in [0, 0.05) is 7.05 Å². The Kier molecular flexibility index (Phi) is 3.05. The number of rotatable bonds is 2. The van der Waals surface area contributed by atoms with Crippen molar-refractivity contribution in [2.75, 3.05) is 12.4 Å². The SMILES string of the molecule is CNc1nc(Br)c(C(=O)O)nc1Cl. The first-order valence-electron chi connectivity index (χ1n) is 3.20. The van der Waals surface area contributed by atoms with Gasteiger partial charge in [-0.1, -0.05) is 11.6 Å². The molecule has 0 aliphatic carbocycles. The van der Waals surface area contributed by atoms with E-state index >= 15 is 0 Å². The molecule has 0 aliphatic rings. The summed E-state index contributed by atoms with van der Waals surface area (Å²) in [5.41, 5.74) is -0.205. The Labute approximate surface area is 87.3 Å². The van der Waals surface area contributed by atoms with Crippen LogP contribution in [-0.2, 0) is 0 Å². The molecule has 0 amide bonds. The van der Waals surface area contributed by atoms with E-state index in [1.165, 1.54) is 0 Å². The summed E-state index contributed by atoms with van der Waals surface area (Å²) in [4.78, 5) is 18.0. The molecule has 7 heteroatoms. The molecule has 1 heterocycles. The van der Waals surface area contributed by atoms with E-state index in [-0.39, 0.29) is 15.5 Å². The van der Waals surface area contributed by atoms with Gasteiger partial charge in [0.1, 0.15) is 4.60 Å². The smallest absolute Gasteiger partial charge is 0.357 e.